The van der Waals surface area contributed by atoms with Crippen LogP contribution in [0.1, 0.15) is 40.0 Å². The largest absolute Gasteiger partial charge is 0.444 e. The minimum absolute atomic E-state index is 0.181. The monoisotopic (exact) mass is 319 g/mol. The average molecular weight is 319 g/mol. The van der Waals surface area contributed by atoms with Gasteiger partial charge in [-0.05, 0) is 57.6 Å². The predicted octanol–water partition coefficient (Wildman–Crippen LogP) is 5.08. The zero-order chi connectivity index (χ0) is 16.0. The molecular weight excluding hydrogens is 294 g/mol. The van der Waals surface area contributed by atoms with Gasteiger partial charge in [-0.25, -0.2) is 4.79 Å². The van der Waals surface area contributed by atoms with Crippen molar-refractivity contribution in [3.63, 3.8) is 0 Å². The van der Waals surface area contributed by atoms with Crippen LogP contribution >= 0.6 is 11.8 Å². The van der Waals surface area contributed by atoms with Crippen molar-refractivity contribution in [3.8, 4) is 0 Å². The minimum Gasteiger partial charge on any atom is -0.444 e. The Morgan fingerprint density at radius 2 is 2.09 bits per heavy atom. The lowest BCUT2D eigenvalue weighted by Crippen LogP contribution is -2.39. The van der Waals surface area contributed by atoms with Crippen LogP contribution in [0.3, 0.4) is 0 Å². The van der Waals surface area contributed by atoms with Gasteiger partial charge in [0.15, 0.2) is 0 Å². The molecule has 1 saturated heterocycles. The van der Waals surface area contributed by atoms with E-state index in [-0.39, 0.29) is 12.1 Å². The Labute approximate surface area is 137 Å². The molecule has 0 saturated carbocycles. The lowest BCUT2D eigenvalue weighted by Gasteiger charge is -2.28. The fourth-order valence-electron chi connectivity index (χ4n) is 2.48. The molecule has 0 radical (unpaired) electrons. The topological polar surface area (TPSA) is 29.5 Å². The second-order valence-corrected chi connectivity index (χ2v) is 7.49. The summed E-state index contributed by atoms with van der Waals surface area (Å²) in [5.74, 6) is 0. The molecule has 0 bridgehead atoms. The number of likely N-dealkylation sites (tertiary alicyclic amines) is 1. The number of rotatable bonds is 4. The minimum atomic E-state index is -0.427. The van der Waals surface area contributed by atoms with Crippen molar-refractivity contribution in [2.24, 2.45) is 0 Å². The Morgan fingerprint density at radius 3 is 2.77 bits per heavy atom. The molecule has 0 N–H and O–H groups in total. The van der Waals surface area contributed by atoms with E-state index in [1.165, 1.54) is 4.90 Å². The summed E-state index contributed by atoms with van der Waals surface area (Å²) in [4.78, 5) is 15.3. The second kappa shape index (κ2) is 7.73. The molecule has 1 amide bonds. The van der Waals surface area contributed by atoms with Crippen LogP contribution in [0.25, 0.3) is 0 Å². The number of carbonyl (C=O) groups is 1. The van der Waals surface area contributed by atoms with Crippen molar-refractivity contribution in [1.82, 2.24) is 4.90 Å². The summed E-state index contributed by atoms with van der Waals surface area (Å²) in [7, 11) is 0. The molecule has 0 aromatic heterocycles. The highest BCUT2D eigenvalue weighted by atomic mass is 32.2. The summed E-state index contributed by atoms with van der Waals surface area (Å²) in [5.41, 5.74) is -0.427. The average Bonchev–Trinajstić information content (AvgIpc) is 2.91. The van der Waals surface area contributed by atoms with Crippen molar-refractivity contribution in [3.05, 3.63) is 41.8 Å². The molecule has 4 heteroatoms. The van der Waals surface area contributed by atoms with Crippen molar-refractivity contribution in [1.29, 1.82) is 0 Å². The molecule has 1 aliphatic heterocycles. The van der Waals surface area contributed by atoms with Gasteiger partial charge < -0.3 is 9.64 Å². The van der Waals surface area contributed by atoms with Gasteiger partial charge in [0.05, 0.1) is 0 Å². The molecule has 1 aromatic rings. The zero-order valence-electron chi connectivity index (χ0n) is 13.6. The maximum atomic E-state index is 12.2. The number of ether oxygens (including phenoxy) is 1. The third-order valence-corrected chi connectivity index (χ3v) is 4.33. The molecule has 0 unspecified atom stereocenters. The maximum absolute atomic E-state index is 12.2. The fourth-order valence-corrected chi connectivity index (χ4v) is 3.16. The normalized spacial score (nSPS) is 18.9. The number of hydrogen-bond acceptors (Lipinski definition) is 3. The molecule has 1 fully saturated rings. The van der Waals surface area contributed by atoms with Crippen LogP contribution in [-0.4, -0.2) is 29.2 Å². The number of benzene rings is 1. The molecule has 3 nitrogen and oxygen atoms in total. The van der Waals surface area contributed by atoms with Gasteiger partial charge in [0, 0.05) is 17.5 Å². The van der Waals surface area contributed by atoms with E-state index in [0.29, 0.717) is 0 Å². The van der Waals surface area contributed by atoms with Crippen LogP contribution in [0.4, 0.5) is 4.79 Å². The summed E-state index contributed by atoms with van der Waals surface area (Å²) >= 11 is 1.71. The number of hydrogen-bond donors (Lipinski definition) is 0. The standard InChI is InChI=1S/C18H25NO2S/c1-18(2,3)21-17(20)19-13-7-9-15(19)10-8-14-22-16-11-5-4-6-12-16/h4-6,8,11-12,14-15H,7,9-10,13H2,1-3H3/b14-8-/t15-/m0/s1. The Kier molecular flexibility index (Phi) is 5.95. The molecule has 1 atom stereocenters. The smallest absolute Gasteiger partial charge is 0.410 e. The highest BCUT2D eigenvalue weighted by Gasteiger charge is 2.31. The van der Waals surface area contributed by atoms with E-state index >= 15 is 0 Å². The Morgan fingerprint density at radius 1 is 1.36 bits per heavy atom. The van der Waals surface area contributed by atoms with Crippen molar-refractivity contribution < 1.29 is 9.53 Å². The Hall–Kier alpha value is -1.42. The summed E-state index contributed by atoms with van der Waals surface area (Å²) < 4.78 is 5.49. The van der Waals surface area contributed by atoms with E-state index in [0.717, 1.165) is 25.8 Å². The number of nitrogens with zero attached hydrogens (tertiary/aromatic N) is 1. The Balaban J connectivity index is 1.82. The van der Waals surface area contributed by atoms with Gasteiger partial charge >= 0.3 is 6.09 Å². The number of carbonyl (C=O) groups excluding carboxylic acids is 1. The molecule has 120 valence electrons. The zero-order valence-corrected chi connectivity index (χ0v) is 14.4. The van der Waals surface area contributed by atoms with E-state index in [4.69, 9.17) is 4.74 Å². The SMILES string of the molecule is CC(C)(C)OC(=O)N1CCC[C@H]1C/C=C\Sc1ccccc1. The first-order chi connectivity index (χ1) is 10.5. The van der Waals surface area contributed by atoms with Crippen LogP contribution in [0.2, 0.25) is 0 Å². The van der Waals surface area contributed by atoms with Gasteiger partial charge in [-0.1, -0.05) is 36.0 Å². The lowest BCUT2D eigenvalue weighted by molar-refractivity contribution is 0.0228. The molecule has 1 heterocycles. The lowest BCUT2D eigenvalue weighted by atomic mass is 10.1. The maximum Gasteiger partial charge on any atom is 0.410 e. The summed E-state index contributed by atoms with van der Waals surface area (Å²) in [6.07, 6.45) is 4.98. The molecule has 2 rings (SSSR count). The second-order valence-electron chi connectivity index (χ2n) is 6.51. The first-order valence-corrected chi connectivity index (χ1v) is 8.70. The van der Waals surface area contributed by atoms with E-state index < -0.39 is 5.60 Å². The van der Waals surface area contributed by atoms with Crippen molar-refractivity contribution in [2.75, 3.05) is 6.54 Å². The molecule has 22 heavy (non-hydrogen) atoms. The quantitative estimate of drug-likeness (QED) is 0.725. The van der Waals surface area contributed by atoms with Crippen LogP contribution in [-0.2, 0) is 4.74 Å². The Bertz CT molecular complexity index is 508. The number of thioether (sulfide) groups is 1. The van der Waals surface area contributed by atoms with Crippen molar-refractivity contribution in [2.45, 2.75) is 56.6 Å². The van der Waals surface area contributed by atoms with Gasteiger partial charge in [-0.3, -0.25) is 0 Å². The number of amides is 1. The van der Waals surface area contributed by atoms with E-state index in [2.05, 4.69) is 23.6 Å². The van der Waals surface area contributed by atoms with Gasteiger partial charge in [-0.2, -0.15) is 0 Å². The van der Waals surface area contributed by atoms with E-state index in [9.17, 15) is 4.79 Å². The molecule has 0 spiro atoms. The van der Waals surface area contributed by atoms with Gasteiger partial charge in [0.1, 0.15) is 5.60 Å². The summed E-state index contributed by atoms with van der Waals surface area (Å²) in [6.45, 7) is 6.53. The van der Waals surface area contributed by atoms with Crippen LogP contribution in [0.5, 0.6) is 0 Å². The fraction of sp³-hybridized carbons (Fsp3) is 0.500. The van der Waals surface area contributed by atoms with E-state index in [1.54, 1.807) is 11.8 Å². The van der Waals surface area contributed by atoms with E-state index in [1.807, 2.05) is 43.9 Å². The predicted molar refractivity (Wildman–Crippen MR) is 92.0 cm³/mol. The van der Waals surface area contributed by atoms with Crippen molar-refractivity contribution >= 4 is 17.9 Å². The summed E-state index contributed by atoms with van der Waals surface area (Å²) in [5, 5.41) is 2.11. The molecule has 1 aromatic carbocycles. The highest BCUT2D eigenvalue weighted by Crippen LogP contribution is 2.24. The molecular formula is C18H25NO2S. The third-order valence-electron chi connectivity index (χ3n) is 3.46. The van der Waals surface area contributed by atoms with Crippen LogP contribution in [0.15, 0.2) is 46.7 Å². The van der Waals surface area contributed by atoms with Crippen LogP contribution < -0.4 is 0 Å². The van der Waals surface area contributed by atoms with Gasteiger partial charge in [0.2, 0.25) is 0 Å². The first kappa shape index (κ1) is 16.9. The van der Waals surface area contributed by atoms with Crippen LogP contribution in [0, 0.1) is 0 Å². The van der Waals surface area contributed by atoms with Gasteiger partial charge in [-0.15, -0.1) is 0 Å². The molecule has 1 aliphatic rings. The third kappa shape index (κ3) is 5.41. The highest BCUT2D eigenvalue weighted by molar-refractivity contribution is 8.02. The molecule has 0 aliphatic carbocycles. The summed E-state index contributed by atoms with van der Waals surface area (Å²) in [6, 6.07) is 10.6. The first-order valence-electron chi connectivity index (χ1n) is 7.82. The van der Waals surface area contributed by atoms with Gasteiger partial charge in [0.25, 0.3) is 0 Å².